The highest BCUT2D eigenvalue weighted by molar-refractivity contribution is 6.12. The Morgan fingerprint density at radius 3 is 2.58 bits per heavy atom. The molecule has 0 aromatic heterocycles. The van der Waals surface area contributed by atoms with Crippen molar-refractivity contribution in [3.63, 3.8) is 0 Å². The second-order valence-corrected chi connectivity index (χ2v) is 7.98. The van der Waals surface area contributed by atoms with Crippen LogP contribution in [0.25, 0.3) is 6.08 Å². The normalized spacial score (nSPS) is 14.4. The van der Waals surface area contributed by atoms with Crippen LogP contribution in [0.2, 0.25) is 0 Å². The lowest BCUT2D eigenvalue weighted by Crippen LogP contribution is -2.44. The summed E-state index contributed by atoms with van der Waals surface area (Å²) in [4.78, 5) is 29.5. The molecule has 3 rings (SSSR count). The summed E-state index contributed by atoms with van der Waals surface area (Å²) in [6.45, 7) is 7.70. The minimum atomic E-state index is -0.483. The smallest absolute Gasteiger partial charge is 0.294 e. The molecule has 0 saturated heterocycles. The van der Waals surface area contributed by atoms with E-state index in [4.69, 9.17) is 4.74 Å². The van der Waals surface area contributed by atoms with Crippen LogP contribution in [0.1, 0.15) is 38.7 Å². The monoisotopic (exact) mass is 453 g/mol. The van der Waals surface area contributed by atoms with Gasteiger partial charge >= 0.3 is 0 Å². The summed E-state index contributed by atoms with van der Waals surface area (Å²) in [5, 5.41) is 2.91. The standard InChI is InChI=1S/C26H32FN3O3/c1-3-5-16-29(4-2)17-10-15-28-25(31)19-30-22-13-8-9-14-23(22)33-24(26(30)32)18-20-11-6-7-12-21(20)27/h6-9,11-14,18H,3-5,10,15-17,19H2,1-2H3,(H,28,31)/b24-18-. The number of hydrogen-bond donors (Lipinski definition) is 1. The molecule has 0 fully saturated rings. The summed E-state index contributed by atoms with van der Waals surface area (Å²) in [6.07, 6.45) is 4.54. The number of rotatable bonds is 11. The van der Waals surface area contributed by atoms with Crippen molar-refractivity contribution in [2.75, 3.05) is 37.6 Å². The van der Waals surface area contributed by atoms with Gasteiger partial charge in [0.05, 0.1) is 5.69 Å². The molecule has 176 valence electrons. The number of nitrogens with one attached hydrogen (secondary N) is 1. The van der Waals surface area contributed by atoms with E-state index < -0.39 is 11.7 Å². The van der Waals surface area contributed by atoms with Crippen LogP contribution in [0.4, 0.5) is 10.1 Å². The Hall–Kier alpha value is -3.19. The Morgan fingerprint density at radius 2 is 1.82 bits per heavy atom. The number of carbonyl (C=O) groups excluding carboxylic acids is 2. The molecule has 0 atom stereocenters. The van der Waals surface area contributed by atoms with Gasteiger partial charge in [-0.1, -0.05) is 50.6 Å². The van der Waals surface area contributed by atoms with Gasteiger partial charge in [0, 0.05) is 12.1 Å². The third-order valence-electron chi connectivity index (χ3n) is 5.57. The maximum atomic E-state index is 14.1. The van der Waals surface area contributed by atoms with Crippen LogP contribution in [0, 0.1) is 5.82 Å². The van der Waals surface area contributed by atoms with Gasteiger partial charge < -0.3 is 15.0 Å². The van der Waals surface area contributed by atoms with Gasteiger partial charge in [-0.15, -0.1) is 0 Å². The summed E-state index contributed by atoms with van der Waals surface area (Å²) in [6, 6.07) is 13.2. The number of halogens is 1. The fourth-order valence-electron chi connectivity index (χ4n) is 3.69. The minimum Gasteiger partial charge on any atom is -0.449 e. The lowest BCUT2D eigenvalue weighted by molar-refractivity contribution is -0.123. The van der Waals surface area contributed by atoms with E-state index in [2.05, 4.69) is 24.1 Å². The van der Waals surface area contributed by atoms with Gasteiger partial charge in [-0.05, 0) is 56.8 Å². The summed E-state index contributed by atoms with van der Waals surface area (Å²) < 4.78 is 19.9. The number of carbonyl (C=O) groups is 2. The number of amides is 2. The van der Waals surface area contributed by atoms with Gasteiger partial charge in [0.15, 0.2) is 11.5 Å². The fourth-order valence-corrected chi connectivity index (χ4v) is 3.69. The fraction of sp³-hybridized carbons (Fsp3) is 0.385. The molecule has 1 aliphatic heterocycles. The highest BCUT2D eigenvalue weighted by Gasteiger charge is 2.31. The molecule has 1 heterocycles. The highest BCUT2D eigenvalue weighted by atomic mass is 19.1. The predicted molar refractivity (Wildman–Crippen MR) is 128 cm³/mol. The van der Waals surface area contributed by atoms with Gasteiger partial charge in [0.2, 0.25) is 5.91 Å². The van der Waals surface area contributed by atoms with Crippen molar-refractivity contribution in [1.82, 2.24) is 10.2 Å². The maximum absolute atomic E-state index is 14.1. The van der Waals surface area contributed by atoms with Gasteiger partial charge in [0.25, 0.3) is 5.91 Å². The molecule has 0 unspecified atom stereocenters. The van der Waals surface area contributed by atoms with Crippen molar-refractivity contribution in [3.05, 3.63) is 65.7 Å². The first-order valence-electron chi connectivity index (χ1n) is 11.6. The molecule has 6 nitrogen and oxygen atoms in total. The van der Waals surface area contributed by atoms with E-state index in [-0.39, 0.29) is 23.8 Å². The number of fused-ring (bicyclic) bond motifs is 1. The second kappa shape index (κ2) is 12.2. The molecule has 2 amide bonds. The van der Waals surface area contributed by atoms with E-state index in [9.17, 15) is 14.0 Å². The number of nitrogens with zero attached hydrogens (tertiary/aromatic N) is 2. The topological polar surface area (TPSA) is 61.9 Å². The number of benzene rings is 2. The van der Waals surface area contributed by atoms with E-state index in [0.717, 1.165) is 32.5 Å². The average molecular weight is 454 g/mol. The molecule has 2 aromatic carbocycles. The predicted octanol–water partition coefficient (Wildman–Crippen LogP) is 4.22. The summed E-state index contributed by atoms with van der Waals surface area (Å²) >= 11 is 0. The Balaban J connectivity index is 1.65. The third kappa shape index (κ3) is 6.65. The van der Waals surface area contributed by atoms with Gasteiger partial charge in [-0.3, -0.25) is 14.5 Å². The molecule has 1 N–H and O–H groups in total. The Kier molecular flexibility index (Phi) is 9.01. The van der Waals surface area contributed by atoms with E-state index in [1.54, 1.807) is 42.5 Å². The number of unbranched alkanes of at least 4 members (excludes halogenated alkanes) is 1. The zero-order valence-corrected chi connectivity index (χ0v) is 19.4. The molecule has 2 aromatic rings. The van der Waals surface area contributed by atoms with Crippen LogP contribution in [0.5, 0.6) is 5.75 Å². The zero-order valence-electron chi connectivity index (χ0n) is 19.4. The lowest BCUT2D eigenvalue weighted by Gasteiger charge is -2.30. The number of hydrogen-bond acceptors (Lipinski definition) is 4. The Labute approximate surface area is 195 Å². The van der Waals surface area contributed by atoms with E-state index in [1.807, 2.05) is 0 Å². The van der Waals surface area contributed by atoms with E-state index in [0.29, 0.717) is 18.0 Å². The van der Waals surface area contributed by atoms with Crippen molar-refractivity contribution < 1.29 is 18.7 Å². The number of anilines is 1. The Morgan fingerprint density at radius 1 is 1.09 bits per heavy atom. The SMILES string of the molecule is CCCCN(CC)CCCNC(=O)CN1C(=O)/C(=C/c2ccccc2F)Oc2ccccc21. The van der Waals surface area contributed by atoms with Gasteiger partial charge in [-0.25, -0.2) is 4.39 Å². The van der Waals surface area contributed by atoms with Crippen LogP contribution < -0.4 is 15.0 Å². The number of para-hydroxylation sites is 2. The Bertz CT molecular complexity index is 992. The van der Waals surface area contributed by atoms with Crippen LogP contribution in [-0.2, 0) is 9.59 Å². The van der Waals surface area contributed by atoms with Crippen molar-refractivity contribution in [2.45, 2.75) is 33.1 Å². The van der Waals surface area contributed by atoms with Crippen molar-refractivity contribution in [2.24, 2.45) is 0 Å². The molecule has 0 bridgehead atoms. The van der Waals surface area contributed by atoms with Gasteiger partial charge in [0.1, 0.15) is 12.4 Å². The van der Waals surface area contributed by atoms with Crippen LogP contribution in [0.3, 0.4) is 0 Å². The molecular formula is C26H32FN3O3. The molecule has 1 aliphatic rings. The largest absolute Gasteiger partial charge is 0.449 e. The third-order valence-corrected chi connectivity index (χ3v) is 5.57. The summed E-state index contributed by atoms with van der Waals surface area (Å²) in [5.41, 5.74) is 0.758. The molecule has 0 saturated carbocycles. The zero-order chi connectivity index (χ0) is 23.6. The average Bonchev–Trinajstić information content (AvgIpc) is 2.82. The maximum Gasteiger partial charge on any atom is 0.294 e. The molecule has 0 aliphatic carbocycles. The van der Waals surface area contributed by atoms with Crippen LogP contribution in [-0.4, -0.2) is 49.4 Å². The molecule has 0 spiro atoms. The van der Waals surface area contributed by atoms with E-state index in [1.165, 1.54) is 23.5 Å². The highest BCUT2D eigenvalue weighted by Crippen LogP contribution is 2.35. The molecule has 33 heavy (non-hydrogen) atoms. The quantitative estimate of drug-likeness (QED) is 0.409. The summed E-state index contributed by atoms with van der Waals surface area (Å²) in [5.74, 6) is -0.765. The van der Waals surface area contributed by atoms with Gasteiger partial charge in [-0.2, -0.15) is 0 Å². The lowest BCUT2D eigenvalue weighted by atomic mass is 10.1. The first-order valence-corrected chi connectivity index (χ1v) is 11.6. The molecule has 0 radical (unpaired) electrons. The summed E-state index contributed by atoms with van der Waals surface area (Å²) in [7, 11) is 0. The first-order chi connectivity index (χ1) is 16.0. The van der Waals surface area contributed by atoms with Crippen molar-refractivity contribution in [3.8, 4) is 5.75 Å². The van der Waals surface area contributed by atoms with Crippen molar-refractivity contribution in [1.29, 1.82) is 0 Å². The van der Waals surface area contributed by atoms with Crippen molar-refractivity contribution >= 4 is 23.6 Å². The van der Waals surface area contributed by atoms with E-state index >= 15 is 0 Å². The number of ether oxygens (including phenoxy) is 1. The second-order valence-electron chi connectivity index (χ2n) is 7.98. The minimum absolute atomic E-state index is 0.0267. The molecule has 7 heteroatoms. The van der Waals surface area contributed by atoms with Crippen LogP contribution in [0.15, 0.2) is 54.3 Å². The first kappa shape index (κ1) is 24.5. The molecular weight excluding hydrogens is 421 g/mol. The van der Waals surface area contributed by atoms with Crippen LogP contribution >= 0.6 is 0 Å².